The summed E-state index contributed by atoms with van der Waals surface area (Å²) in [5.41, 5.74) is 0. The first-order valence-electron chi connectivity index (χ1n) is 40.7. The summed E-state index contributed by atoms with van der Waals surface area (Å²) in [6.07, 6.45) is 90.9. The van der Waals surface area contributed by atoms with Gasteiger partial charge in [0.15, 0.2) is 12.2 Å². The van der Waals surface area contributed by atoms with Crippen LogP contribution in [-0.4, -0.2) is 96.7 Å². The van der Waals surface area contributed by atoms with Crippen LogP contribution in [0.5, 0.6) is 0 Å². The first-order valence-corrected chi connectivity index (χ1v) is 43.7. The maximum atomic E-state index is 13.1. The van der Waals surface area contributed by atoms with Crippen LogP contribution >= 0.6 is 15.6 Å². The topological polar surface area (TPSA) is 237 Å². The van der Waals surface area contributed by atoms with Crippen molar-refractivity contribution in [1.82, 2.24) is 0 Å². The van der Waals surface area contributed by atoms with Crippen LogP contribution < -0.4 is 0 Å². The largest absolute Gasteiger partial charge is 0.472 e. The third-order valence-electron chi connectivity index (χ3n) is 16.5. The second-order valence-corrected chi connectivity index (χ2v) is 29.5. The molecule has 17 nitrogen and oxygen atoms in total. The quantitative estimate of drug-likeness (QED) is 0.0169. The molecule has 5 atom stereocenters. The van der Waals surface area contributed by atoms with Gasteiger partial charge in [0.2, 0.25) is 0 Å². The molecule has 0 amide bonds. The average molecular weight is 1520 g/mol. The fraction of sp³-hybridized carbons (Fsp3) is 0.655. The molecule has 0 aliphatic carbocycles. The van der Waals surface area contributed by atoms with Crippen molar-refractivity contribution in [2.45, 2.75) is 329 Å². The van der Waals surface area contributed by atoms with Crippen LogP contribution in [-0.2, 0) is 65.4 Å². The smallest absolute Gasteiger partial charge is 0.462 e. The lowest BCUT2D eigenvalue weighted by Gasteiger charge is -2.21. The van der Waals surface area contributed by atoms with Gasteiger partial charge in [0.25, 0.3) is 0 Å². The number of hydrogen-bond donors (Lipinski definition) is 3. The van der Waals surface area contributed by atoms with Gasteiger partial charge in [-0.2, -0.15) is 0 Å². The van der Waals surface area contributed by atoms with E-state index in [9.17, 15) is 43.2 Å². The number of carbonyl (C=O) groups excluding carboxylic acids is 4. The molecule has 0 aliphatic rings. The zero-order valence-corrected chi connectivity index (χ0v) is 67.8. The summed E-state index contributed by atoms with van der Waals surface area (Å²) >= 11 is 0. The maximum Gasteiger partial charge on any atom is 0.472 e. The summed E-state index contributed by atoms with van der Waals surface area (Å²) in [7, 11) is -10.00. The number of aliphatic hydroxyl groups is 1. The van der Waals surface area contributed by atoms with E-state index in [1.807, 2.05) is 18.2 Å². The summed E-state index contributed by atoms with van der Waals surface area (Å²) in [5, 5.41) is 10.6. The molecular formula is C87H144O17P2. The molecule has 0 saturated carbocycles. The number of unbranched alkanes of at least 4 members (excludes halogenated alkanes) is 23. The third-order valence-corrected chi connectivity index (χ3v) is 18.4. The molecular weight excluding hydrogens is 1380 g/mol. The van der Waals surface area contributed by atoms with E-state index in [1.165, 1.54) is 51.4 Å². The molecule has 0 spiro atoms. The minimum Gasteiger partial charge on any atom is -0.462 e. The number of rotatable bonds is 75. The van der Waals surface area contributed by atoms with Crippen LogP contribution in [0.25, 0.3) is 0 Å². The third kappa shape index (κ3) is 76.9. The number of phosphoric acid groups is 2. The molecule has 5 unspecified atom stereocenters. The van der Waals surface area contributed by atoms with Crippen molar-refractivity contribution in [3.05, 3.63) is 158 Å². The van der Waals surface area contributed by atoms with Crippen LogP contribution in [0.2, 0.25) is 0 Å². The van der Waals surface area contributed by atoms with E-state index < -0.39 is 97.5 Å². The van der Waals surface area contributed by atoms with E-state index >= 15 is 0 Å². The minimum absolute atomic E-state index is 0.0336. The van der Waals surface area contributed by atoms with E-state index in [2.05, 4.69) is 167 Å². The van der Waals surface area contributed by atoms with Crippen LogP contribution in [0.15, 0.2) is 158 Å². The van der Waals surface area contributed by atoms with Gasteiger partial charge >= 0.3 is 39.5 Å². The van der Waals surface area contributed by atoms with Crippen molar-refractivity contribution < 1.29 is 80.2 Å². The number of carbonyl (C=O) groups is 4. The molecule has 19 heteroatoms. The van der Waals surface area contributed by atoms with Gasteiger partial charge in [-0.15, -0.1) is 0 Å². The average Bonchev–Trinajstić information content (AvgIpc) is 0.901. The lowest BCUT2D eigenvalue weighted by Crippen LogP contribution is -2.30. The summed E-state index contributed by atoms with van der Waals surface area (Å²) in [5.74, 6) is -2.31. The van der Waals surface area contributed by atoms with Crippen LogP contribution in [0.3, 0.4) is 0 Å². The first-order chi connectivity index (χ1) is 51.7. The second-order valence-electron chi connectivity index (χ2n) is 26.6. The molecule has 0 aromatic heterocycles. The Labute approximate surface area is 642 Å². The van der Waals surface area contributed by atoms with Gasteiger partial charge in [-0.25, -0.2) is 9.13 Å². The minimum atomic E-state index is -5.00. The SMILES string of the molecule is CC/C=C\C/C=C\C/C=C\C/C=C\C/C=C\C/C=C\CCC(=O)OCC(COP(=O)(O)OCC(O)COP(=O)(O)OCC(COC(=O)CCCCCCCC/C=C\C/C=C\C/C=C\C/C=C\CC)OC(=O)CCCCCCC/C=C\C/C=C\C/C=C\CC)OC(=O)CCCCCCCCCCCCCCC. The number of hydrogen-bond acceptors (Lipinski definition) is 15. The van der Waals surface area contributed by atoms with Gasteiger partial charge < -0.3 is 33.8 Å². The van der Waals surface area contributed by atoms with Gasteiger partial charge in [0, 0.05) is 25.7 Å². The highest BCUT2D eigenvalue weighted by molar-refractivity contribution is 7.47. The predicted molar refractivity (Wildman–Crippen MR) is 436 cm³/mol. The first kappa shape index (κ1) is 101. The molecule has 0 radical (unpaired) electrons. The zero-order valence-electron chi connectivity index (χ0n) is 66.1. The fourth-order valence-corrected chi connectivity index (χ4v) is 12.0. The lowest BCUT2D eigenvalue weighted by molar-refractivity contribution is -0.161. The number of phosphoric ester groups is 2. The Balaban J connectivity index is 5.43. The number of ether oxygens (including phenoxy) is 4. The van der Waals surface area contributed by atoms with E-state index in [-0.39, 0.29) is 25.7 Å². The van der Waals surface area contributed by atoms with Crippen molar-refractivity contribution in [2.24, 2.45) is 0 Å². The number of esters is 4. The molecule has 106 heavy (non-hydrogen) atoms. The van der Waals surface area contributed by atoms with Gasteiger partial charge in [-0.05, 0) is 135 Å². The monoisotopic (exact) mass is 1520 g/mol. The number of allylic oxidation sites excluding steroid dienone is 26. The van der Waals surface area contributed by atoms with Crippen molar-refractivity contribution in [3.8, 4) is 0 Å². The Bertz CT molecular complexity index is 2630. The molecule has 0 rings (SSSR count). The van der Waals surface area contributed by atoms with Gasteiger partial charge in [0.05, 0.1) is 26.4 Å². The predicted octanol–water partition coefficient (Wildman–Crippen LogP) is 24.0. The summed E-state index contributed by atoms with van der Waals surface area (Å²) in [6, 6.07) is 0. The van der Waals surface area contributed by atoms with Gasteiger partial charge in [-0.1, -0.05) is 308 Å². The number of aliphatic hydroxyl groups excluding tert-OH is 1. The Hall–Kier alpha value is -5.32. The van der Waals surface area contributed by atoms with E-state index in [1.54, 1.807) is 0 Å². The van der Waals surface area contributed by atoms with Crippen molar-refractivity contribution in [3.63, 3.8) is 0 Å². The standard InChI is InChI=1S/C87H144O17P2/c1-5-9-13-17-21-25-29-33-36-38-40-42-45-48-51-55-59-63-67-71-84(89)97-77-82(103-86(91)73-69-65-61-57-53-47-32-28-24-20-16-12-8-4)79-101-105(93,94)99-75-81(88)76-100-106(95,96)102-80-83(104-87(92)74-70-66-62-58-54-50-44-35-31-27-23-19-15-11-7-3)78-98-85(90)72-68-64-60-56-52-49-46-43-41-39-37-34-30-26-22-18-14-10-6-2/h9-11,13-15,21-23,25-27,33-37,40-44,48,51,59,63,81-83,88H,5-8,12,16-20,24,28-32,38-39,45-47,49-50,52-58,60-62,64-80H2,1-4H3,(H,93,94)(H,95,96)/b13-9-,14-10-,15-11-,25-21-,26-22-,27-23-,36-33-,37-34-,42-40-,43-41-,44-35-,51-48-,63-59-. The highest BCUT2D eigenvalue weighted by Crippen LogP contribution is 2.45. The molecule has 0 aromatic rings. The molecule has 0 aliphatic heterocycles. The Morgan fingerprint density at radius 2 is 0.509 bits per heavy atom. The maximum absolute atomic E-state index is 13.1. The Morgan fingerprint density at radius 3 is 0.811 bits per heavy atom. The summed E-state index contributed by atoms with van der Waals surface area (Å²) in [6.45, 7) is 4.42. The fourth-order valence-electron chi connectivity index (χ4n) is 10.4. The van der Waals surface area contributed by atoms with E-state index in [4.69, 9.17) is 37.0 Å². The van der Waals surface area contributed by atoms with Crippen LogP contribution in [0, 0.1) is 0 Å². The van der Waals surface area contributed by atoms with Crippen LogP contribution in [0.1, 0.15) is 310 Å². The molecule has 0 fully saturated rings. The Morgan fingerprint density at radius 1 is 0.274 bits per heavy atom. The second kappa shape index (κ2) is 77.8. The summed E-state index contributed by atoms with van der Waals surface area (Å²) < 4.78 is 68.6. The van der Waals surface area contributed by atoms with Gasteiger partial charge in [0.1, 0.15) is 19.3 Å². The molecule has 0 heterocycles. The van der Waals surface area contributed by atoms with E-state index in [0.29, 0.717) is 32.1 Å². The highest BCUT2D eigenvalue weighted by atomic mass is 31.2. The van der Waals surface area contributed by atoms with Crippen molar-refractivity contribution >= 4 is 39.5 Å². The molecule has 0 aromatic carbocycles. The Kier molecular flexibility index (Phi) is 73.9. The van der Waals surface area contributed by atoms with Crippen molar-refractivity contribution in [1.29, 1.82) is 0 Å². The van der Waals surface area contributed by atoms with E-state index in [0.717, 1.165) is 173 Å². The normalized spacial score (nSPS) is 14.7. The molecule has 3 N–H and O–H groups in total. The van der Waals surface area contributed by atoms with Crippen LogP contribution in [0.4, 0.5) is 0 Å². The summed E-state index contributed by atoms with van der Waals surface area (Å²) in [4.78, 5) is 73.1. The zero-order chi connectivity index (χ0) is 77.4. The molecule has 604 valence electrons. The molecule has 0 bridgehead atoms. The molecule has 0 saturated heterocycles. The highest BCUT2D eigenvalue weighted by Gasteiger charge is 2.30. The van der Waals surface area contributed by atoms with Crippen molar-refractivity contribution in [2.75, 3.05) is 39.6 Å². The lowest BCUT2D eigenvalue weighted by atomic mass is 10.0. The van der Waals surface area contributed by atoms with Gasteiger partial charge in [-0.3, -0.25) is 37.3 Å².